The molecule has 0 aliphatic heterocycles. The van der Waals surface area contributed by atoms with E-state index in [1.54, 1.807) is 0 Å². The maximum absolute atomic E-state index is 10.2. The van der Waals surface area contributed by atoms with Crippen molar-refractivity contribution in [3.8, 4) is 0 Å². The average molecular weight is 232 g/mol. The van der Waals surface area contributed by atoms with Gasteiger partial charge in [0.1, 0.15) is 13.2 Å². The van der Waals surface area contributed by atoms with Gasteiger partial charge < -0.3 is 14.6 Å². The van der Waals surface area contributed by atoms with Crippen LogP contribution in [0, 0.1) is 0 Å². The molecule has 1 saturated carbocycles. The molecule has 1 aliphatic carbocycles. The number of carboxylic acids is 1. The summed E-state index contributed by atoms with van der Waals surface area (Å²) in [6.45, 7) is -0.230. The van der Waals surface area contributed by atoms with Crippen LogP contribution in [0.25, 0.3) is 0 Å². The molecular weight excluding hydrogens is 216 g/mol. The van der Waals surface area contributed by atoms with Crippen molar-refractivity contribution in [1.29, 1.82) is 0 Å². The van der Waals surface area contributed by atoms with Crippen LogP contribution in [0.4, 0.5) is 0 Å². The van der Waals surface area contributed by atoms with Gasteiger partial charge in [-0.1, -0.05) is 6.42 Å². The third kappa shape index (κ3) is 5.69. The number of carbonyl (C=O) groups is 1. The molecule has 0 radical (unpaired) electrons. The molecule has 5 heteroatoms. The highest BCUT2D eigenvalue weighted by molar-refractivity contribution is 7.80. The molecule has 1 aliphatic rings. The predicted molar refractivity (Wildman–Crippen MR) is 59.0 cm³/mol. The van der Waals surface area contributed by atoms with Crippen LogP contribution in [0.2, 0.25) is 0 Å². The number of ether oxygens (including phenoxy) is 2. The van der Waals surface area contributed by atoms with Gasteiger partial charge in [-0.2, -0.15) is 0 Å². The van der Waals surface area contributed by atoms with E-state index in [0.717, 1.165) is 12.8 Å². The van der Waals surface area contributed by atoms with Crippen LogP contribution >= 0.6 is 12.2 Å². The van der Waals surface area contributed by atoms with Gasteiger partial charge in [0.2, 0.25) is 0 Å². The third-order valence-corrected chi connectivity index (χ3v) is 2.51. The molecular formula is C10H16O4S. The van der Waals surface area contributed by atoms with E-state index in [1.807, 2.05) is 0 Å². The summed E-state index contributed by atoms with van der Waals surface area (Å²) in [5.41, 5.74) is 0. The van der Waals surface area contributed by atoms with Crippen LogP contribution in [-0.2, 0) is 14.3 Å². The van der Waals surface area contributed by atoms with Crippen molar-refractivity contribution in [3.63, 3.8) is 0 Å². The highest BCUT2D eigenvalue weighted by Crippen LogP contribution is 2.20. The fourth-order valence-corrected chi connectivity index (χ4v) is 1.84. The second-order valence-electron chi connectivity index (χ2n) is 3.64. The van der Waals surface area contributed by atoms with Crippen molar-refractivity contribution in [1.82, 2.24) is 0 Å². The lowest BCUT2D eigenvalue weighted by atomic mass is 9.98. The van der Waals surface area contributed by atoms with Crippen molar-refractivity contribution in [3.05, 3.63) is 0 Å². The molecule has 0 spiro atoms. The molecule has 0 unspecified atom stereocenters. The summed E-state index contributed by atoms with van der Waals surface area (Å²) in [4.78, 5) is 10.2. The van der Waals surface area contributed by atoms with E-state index in [1.165, 1.54) is 19.3 Å². The van der Waals surface area contributed by atoms with Gasteiger partial charge in [0.15, 0.2) is 5.05 Å². The first-order chi connectivity index (χ1) is 7.18. The molecule has 86 valence electrons. The van der Waals surface area contributed by atoms with Crippen LogP contribution in [-0.4, -0.2) is 35.4 Å². The van der Waals surface area contributed by atoms with E-state index < -0.39 is 5.97 Å². The van der Waals surface area contributed by atoms with Gasteiger partial charge in [0.05, 0.1) is 6.10 Å². The van der Waals surface area contributed by atoms with E-state index in [0.29, 0.717) is 5.05 Å². The van der Waals surface area contributed by atoms with Crippen molar-refractivity contribution in [2.24, 2.45) is 0 Å². The van der Waals surface area contributed by atoms with Crippen LogP contribution in [0.1, 0.15) is 32.1 Å². The maximum Gasteiger partial charge on any atom is 0.329 e. The molecule has 0 aromatic heterocycles. The molecule has 0 heterocycles. The molecule has 1 fully saturated rings. The molecule has 1 rings (SSSR count). The largest absolute Gasteiger partial charge is 0.481 e. The minimum absolute atomic E-state index is 0.0954. The SMILES string of the molecule is O=C(O)COCC(=S)OC1CCCCC1. The van der Waals surface area contributed by atoms with Crippen LogP contribution in [0.3, 0.4) is 0 Å². The molecule has 1 N–H and O–H groups in total. The van der Waals surface area contributed by atoms with Gasteiger partial charge in [0.25, 0.3) is 0 Å². The summed E-state index contributed by atoms with van der Waals surface area (Å²) in [5.74, 6) is -0.990. The summed E-state index contributed by atoms with van der Waals surface area (Å²) >= 11 is 4.95. The summed E-state index contributed by atoms with van der Waals surface area (Å²) in [6, 6.07) is 0. The number of thiocarbonyl (C=S) groups is 1. The molecule has 0 aromatic rings. The van der Waals surface area contributed by atoms with Crippen LogP contribution in [0.5, 0.6) is 0 Å². The number of carboxylic acid groups (broad SMARTS) is 1. The smallest absolute Gasteiger partial charge is 0.329 e. The summed E-state index contributed by atoms with van der Waals surface area (Å²) < 4.78 is 10.3. The third-order valence-electron chi connectivity index (χ3n) is 2.30. The minimum Gasteiger partial charge on any atom is -0.481 e. The number of hydrogen-bond donors (Lipinski definition) is 1. The quantitative estimate of drug-likeness (QED) is 0.732. The van der Waals surface area contributed by atoms with Gasteiger partial charge in [-0.05, 0) is 37.9 Å². The summed E-state index contributed by atoms with van der Waals surface area (Å²) in [6.07, 6.45) is 5.92. The molecule has 0 bridgehead atoms. The van der Waals surface area contributed by atoms with Gasteiger partial charge >= 0.3 is 5.97 Å². The van der Waals surface area contributed by atoms with E-state index in [2.05, 4.69) is 0 Å². The van der Waals surface area contributed by atoms with Crippen LogP contribution in [0.15, 0.2) is 0 Å². The predicted octanol–water partition coefficient (Wildman–Crippen LogP) is 1.76. The summed E-state index contributed by atoms with van der Waals surface area (Å²) in [7, 11) is 0. The number of hydrogen-bond acceptors (Lipinski definition) is 4. The molecule has 0 saturated heterocycles. The lowest BCUT2D eigenvalue weighted by Crippen LogP contribution is -2.23. The van der Waals surface area contributed by atoms with Gasteiger partial charge in [-0.15, -0.1) is 0 Å². The molecule has 15 heavy (non-hydrogen) atoms. The van der Waals surface area contributed by atoms with Gasteiger partial charge in [-0.25, -0.2) is 4.79 Å². The zero-order chi connectivity index (χ0) is 11.1. The normalized spacial score (nSPS) is 17.3. The van der Waals surface area contributed by atoms with Crippen LogP contribution < -0.4 is 0 Å². The Labute approximate surface area is 94.6 Å². The zero-order valence-electron chi connectivity index (χ0n) is 8.61. The highest BCUT2D eigenvalue weighted by Gasteiger charge is 2.15. The van der Waals surface area contributed by atoms with Crippen molar-refractivity contribution >= 4 is 23.2 Å². The van der Waals surface area contributed by atoms with Crippen molar-refractivity contribution in [2.45, 2.75) is 38.2 Å². The molecule has 0 aromatic carbocycles. The Kier molecular flexibility index (Phi) is 5.57. The maximum atomic E-state index is 10.2. The average Bonchev–Trinajstić information content (AvgIpc) is 2.18. The second kappa shape index (κ2) is 6.74. The molecule has 4 nitrogen and oxygen atoms in total. The first kappa shape index (κ1) is 12.4. The van der Waals surface area contributed by atoms with Gasteiger partial charge in [0, 0.05) is 0 Å². The number of aliphatic carboxylic acids is 1. The first-order valence-electron chi connectivity index (χ1n) is 5.17. The lowest BCUT2D eigenvalue weighted by molar-refractivity contribution is -0.141. The van der Waals surface area contributed by atoms with E-state index >= 15 is 0 Å². The zero-order valence-corrected chi connectivity index (χ0v) is 9.42. The highest BCUT2D eigenvalue weighted by atomic mass is 32.1. The monoisotopic (exact) mass is 232 g/mol. The van der Waals surface area contributed by atoms with Crippen molar-refractivity contribution < 1.29 is 19.4 Å². The van der Waals surface area contributed by atoms with E-state index in [9.17, 15) is 4.79 Å². The second-order valence-corrected chi connectivity index (χ2v) is 4.09. The fraction of sp³-hybridized carbons (Fsp3) is 0.800. The first-order valence-corrected chi connectivity index (χ1v) is 5.58. The topological polar surface area (TPSA) is 55.8 Å². The fourth-order valence-electron chi connectivity index (χ4n) is 1.62. The van der Waals surface area contributed by atoms with Gasteiger partial charge in [-0.3, -0.25) is 0 Å². The molecule has 0 atom stereocenters. The minimum atomic E-state index is -0.990. The number of rotatable bonds is 5. The summed E-state index contributed by atoms with van der Waals surface area (Å²) in [5, 5.41) is 8.70. The van der Waals surface area contributed by atoms with E-state index in [-0.39, 0.29) is 19.3 Å². The Morgan fingerprint density at radius 3 is 2.53 bits per heavy atom. The Bertz CT molecular complexity index is 223. The van der Waals surface area contributed by atoms with Crippen molar-refractivity contribution in [2.75, 3.05) is 13.2 Å². The standard InChI is InChI=1S/C10H16O4S/c11-9(12)6-13-7-10(15)14-8-4-2-1-3-5-8/h8H,1-7H2,(H,11,12). The molecule has 0 amide bonds. The Hall–Kier alpha value is -0.680. The lowest BCUT2D eigenvalue weighted by Gasteiger charge is -2.22. The Balaban J connectivity index is 2.09. The van der Waals surface area contributed by atoms with E-state index in [4.69, 9.17) is 26.8 Å². The Morgan fingerprint density at radius 1 is 1.27 bits per heavy atom. The Morgan fingerprint density at radius 2 is 1.93 bits per heavy atom.